The Bertz CT molecular complexity index is 5900. The number of hydrogen-bond acceptors (Lipinski definition) is 41. The van der Waals surface area contributed by atoms with E-state index in [0.717, 1.165) is 157 Å². The molecule has 0 amide bonds. The Balaban J connectivity index is 0.000000338. The number of carbonyl (C=O) groups is 3. The summed E-state index contributed by atoms with van der Waals surface area (Å²) in [6, 6.07) is 5.14. The average molecular weight is 2320 g/mol. The number of esters is 2. The Labute approximate surface area is 958 Å². The minimum Gasteiger partial charge on any atom is -1.00 e. The zero-order valence-electron chi connectivity index (χ0n) is 82.5. The third-order valence-electron chi connectivity index (χ3n) is 22.7. The zero-order valence-corrected chi connectivity index (χ0v) is 99.5. The molecule has 6 aliphatic rings. The van der Waals surface area contributed by atoms with Crippen LogP contribution < -0.4 is 210 Å². The van der Waals surface area contributed by atoms with Crippen LogP contribution in [0.4, 0.5) is 34.9 Å². The van der Waals surface area contributed by atoms with Crippen LogP contribution in [0.2, 0.25) is 0 Å². The van der Waals surface area contributed by atoms with Crippen molar-refractivity contribution in [1.29, 1.82) is 0 Å². The fraction of sp³-hybridized carbons (Fsp3) is 0.571. The van der Waals surface area contributed by atoms with Crippen molar-refractivity contribution in [1.82, 2.24) is 74.7 Å². The van der Waals surface area contributed by atoms with E-state index in [1.165, 1.54) is 56.4 Å². The SMILES string of the molecule is COC(=O)C(C)(C)Br.COC(=O)C(C)(C)N1CCN(Cc2c(C)sc3c(-c4cnc(OC)c(NS(C)(=O)=O)c4)nc(N4CCOCC4)nc23)CC1.COc1ncc(-c2nc(N3CCOCC3)nc3c(CN4CCN(C(C)(C)CO)CC4)c(C)sc23)cc1NS(C)(=O)=O.COc1ncc(-c2nc(N3CCOCC3)nc3c(CN4CCNCC4)c(C)sc23)cc1NS(C)(=O)=O.O=CO[O-].[AlH3].[Cs+].[Cs+].[H-].[H-].[Li+]. The van der Waals surface area contributed by atoms with E-state index in [0.29, 0.717) is 131 Å². The topological polar surface area (TPSA) is 470 Å². The van der Waals surface area contributed by atoms with Gasteiger partial charge in [0.2, 0.25) is 65.6 Å². The van der Waals surface area contributed by atoms with E-state index < -0.39 is 39.9 Å². The van der Waals surface area contributed by atoms with Gasteiger partial charge in [-0.25, -0.2) is 70.1 Å². The standard InChI is InChI=1S/C28H39N7O6S2.C27H39N7O5S2.C23H31N7O4S2.C5H9BrO2.CH2O3.Al.2Cs.Li.5H/c1-18-20(17-33-7-9-35(10-8-33)28(2,3)26(36)40-5)23-24(42-18)22(30-27(31-23)34-11-13-41-14-12-34)19-15-21(32-43(6,37)38)25(39-4)29-16-19;1-18-20(16-32-6-8-34(9-7-32)27(2,3)17-35)23-24(40-18)22(29-26(30-23)33-10-12-39-13-11-33)19-14-21(31-41(5,36)37)25(38-4)28-15-19;1-15-17(14-29-6-4-24-5-7-29)20-21(35-15)19(26-23(27-20)30-8-10-34-11-9-30)16-12-18(28-36(3,31)32)22(33-2)25-13-16;1-5(2,6)4(7)8-3;2-1-4-3;;;;;;;;;/h15-16,32H,7-14,17H2,1-6H3;14-15,31,35H,6-13,16-17H2,1-5H3;12-13,24,28H,4-11,14H2,1-3H3;1-3H3;1,3H;;;;;;;;;/q;;;;;;3*+1;;;;2*-1/p-1. The van der Waals surface area contributed by atoms with Crippen LogP contribution in [0.1, 0.15) is 75.7 Å². The van der Waals surface area contributed by atoms with Crippen LogP contribution in [0, 0.1) is 20.8 Å². The number of halogens is 1. The Morgan fingerprint density at radius 3 is 1.04 bits per heavy atom. The van der Waals surface area contributed by atoms with Crippen molar-refractivity contribution < 1.29 is 252 Å². The number of sulfonamides is 3. The van der Waals surface area contributed by atoms with Gasteiger partial charge in [-0.05, 0) is 80.5 Å². The van der Waals surface area contributed by atoms with Crippen molar-refractivity contribution in [2.24, 2.45) is 0 Å². The summed E-state index contributed by atoms with van der Waals surface area (Å²) in [6.45, 7) is 38.4. The second-order valence-corrected chi connectivity index (χ2v) is 44.5. The molecule has 15 rings (SSSR count). The van der Waals surface area contributed by atoms with Gasteiger partial charge in [-0.15, -0.1) is 34.0 Å². The minimum absolute atomic E-state index is 0. The van der Waals surface area contributed by atoms with Gasteiger partial charge in [0.1, 0.15) is 26.9 Å². The molecule has 734 valence electrons. The number of aryl methyl sites for hydroxylation is 3. The van der Waals surface area contributed by atoms with Gasteiger partial charge in [-0.2, -0.15) is 0 Å². The number of hydrogen-bond donors (Lipinski definition) is 5. The summed E-state index contributed by atoms with van der Waals surface area (Å²) in [6.07, 6.45) is 8.26. The number of rotatable bonds is 27. The smallest absolute Gasteiger partial charge is 1.00 e. The van der Waals surface area contributed by atoms with Crippen molar-refractivity contribution in [3.05, 3.63) is 68.1 Å². The molecule has 0 bridgehead atoms. The van der Waals surface area contributed by atoms with Crippen LogP contribution in [-0.4, -0.2) is 369 Å². The van der Waals surface area contributed by atoms with Gasteiger partial charge in [0.15, 0.2) is 17.4 Å². The molecule has 41 nitrogen and oxygen atoms in total. The number of aliphatic hydroxyl groups excluding tert-OH is 1. The Morgan fingerprint density at radius 2 is 0.787 bits per heavy atom. The first-order valence-corrected chi connectivity index (χ1v) is 51.5. The number of morpholine rings is 3. The van der Waals surface area contributed by atoms with Gasteiger partial charge >= 0.3 is 169 Å². The fourth-order valence-electron chi connectivity index (χ4n) is 15.5. The van der Waals surface area contributed by atoms with Crippen molar-refractivity contribution >= 4 is 181 Å². The third-order valence-corrected chi connectivity index (χ3v) is 28.2. The van der Waals surface area contributed by atoms with Crippen LogP contribution >= 0.6 is 49.9 Å². The molecule has 0 saturated carbocycles. The second-order valence-electron chi connectivity index (χ2n) is 33.6. The van der Waals surface area contributed by atoms with Crippen LogP contribution in [0.15, 0.2) is 36.8 Å². The van der Waals surface area contributed by atoms with E-state index in [4.69, 9.17) is 73.1 Å². The van der Waals surface area contributed by atoms with E-state index >= 15 is 0 Å². The van der Waals surface area contributed by atoms with Crippen molar-refractivity contribution in [2.45, 2.75) is 97.4 Å². The molecule has 0 aliphatic carbocycles. The van der Waals surface area contributed by atoms with E-state index in [9.17, 15) is 39.9 Å². The number of thiophene rings is 3. The van der Waals surface area contributed by atoms with E-state index in [-0.39, 0.29) is 242 Å². The first kappa shape index (κ1) is 119. The molecule has 0 aromatic carbocycles. The Kier molecular flexibility index (Phi) is 47.3. The monoisotopic (exact) mass is 2320 g/mol. The normalized spacial score (nSPS) is 16.2. The summed E-state index contributed by atoms with van der Waals surface area (Å²) in [5, 5.41) is 21.6. The number of anilines is 6. The maximum atomic E-state index is 12.4. The number of nitrogens with one attached hydrogen (secondary N) is 4. The van der Waals surface area contributed by atoms with Crippen LogP contribution in [0.5, 0.6) is 17.6 Å². The molecular formula is C84H124AlBrCs2LiN21O20S6. The first-order valence-electron chi connectivity index (χ1n) is 42.6. The largest absolute Gasteiger partial charge is 1.00 e. The van der Waals surface area contributed by atoms with E-state index in [1.54, 1.807) is 84.6 Å². The van der Waals surface area contributed by atoms with Crippen LogP contribution in [-0.2, 0) is 92.7 Å². The summed E-state index contributed by atoms with van der Waals surface area (Å²) in [7, 11) is -3.51. The molecule has 0 spiro atoms. The Hall–Kier alpha value is -3.70. The predicted molar refractivity (Wildman–Crippen MR) is 524 cm³/mol. The maximum absolute atomic E-state index is 12.4. The summed E-state index contributed by atoms with van der Waals surface area (Å²) in [4.78, 5) is 99.2. The number of piperazine rings is 3. The maximum Gasteiger partial charge on any atom is 1.00 e. The zero-order chi connectivity index (χ0) is 95.8. The molecule has 52 heteroatoms. The van der Waals surface area contributed by atoms with Crippen molar-refractivity contribution in [3.63, 3.8) is 0 Å². The summed E-state index contributed by atoms with van der Waals surface area (Å²) < 4.78 is 124. The fourth-order valence-corrected chi connectivity index (χ4v) is 20.7. The molecule has 6 fully saturated rings. The van der Waals surface area contributed by atoms with Gasteiger partial charge in [-0.1, -0.05) is 15.9 Å². The average Bonchev–Trinajstić information content (AvgIpc) is 1.61. The number of nitrogens with zero attached hydrogens (tertiary/aromatic N) is 17. The molecule has 9 aromatic rings. The molecule has 0 unspecified atom stereocenters. The van der Waals surface area contributed by atoms with Gasteiger partial charge in [0.05, 0.1) is 148 Å². The van der Waals surface area contributed by atoms with Crippen molar-refractivity contribution in [3.8, 4) is 51.4 Å². The van der Waals surface area contributed by atoms with Crippen LogP contribution in [0.3, 0.4) is 0 Å². The second kappa shape index (κ2) is 53.9. The molecular weight excluding hydrogens is 2200 g/mol. The molecule has 9 aromatic heterocycles. The number of alkyl halides is 1. The van der Waals surface area contributed by atoms with Gasteiger partial charge in [0, 0.05) is 210 Å². The van der Waals surface area contributed by atoms with Gasteiger partial charge in [-0.3, -0.25) is 53.0 Å². The molecule has 15 heterocycles. The third kappa shape index (κ3) is 32.2. The number of aliphatic hydroxyl groups is 1. The molecule has 136 heavy (non-hydrogen) atoms. The quantitative estimate of drug-likeness (QED) is 0.00818. The number of fused-ring (bicyclic) bond motifs is 3. The molecule has 6 saturated heterocycles. The molecule has 0 atom stereocenters. The van der Waals surface area contributed by atoms with Gasteiger partial charge < -0.3 is 76.0 Å². The van der Waals surface area contributed by atoms with Crippen LogP contribution in [0.25, 0.3) is 64.4 Å². The number of pyridine rings is 3. The summed E-state index contributed by atoms with van der Waals surface area (Å²) >= 11 is 8.06. The summed E-state index contributed by atoms with van der Waals surface area (Å²) in [5.41, 5.74) is 10.2. The number of methoxy groups -OCH3 is 5. The number of ether oxygens (including phenoxy) is 8. The van der Waals surface area contributed by atoms with Crippen molar-refractivity contribution in [2.75, 3.05) is 247 Å². The first-order chi connectivity index (χ1) is 62.6. The molecule has 5 N–H and O–H groups in total. The molecule has 6 aliphatic heterocycles. The predicted octanol–water partition coefficient (Wildman–Crippen LogP) is -3.98. The molecule has 0 radical (unpaired) electrons. The number of aromatic nitrogens is 9. The van der Waals surface area contributed by atoms with Gasteiger partial charge in [0.25, 0.3) is 6.47 Å². The summed E-state index contributed by atoms with van der Waals surface area (Å²) in [5.74, 6) is 1.94. The van der Waals surface area contributed by atoms with E-state index in [2.05, 4.69) is 134 Å². The Morgan fingerprint density at radius 1 is 0.500 bits per heavy atom. The number of carbonyl (C=O) groups excluding carboxylic acids is 3. The minimum atomic E-state index is -3.57. The van der Waals surface area contributed by atoms with E-state index in [1.807, 2.05) is 13.8 Å².